The molecular weight excluding hydrogens is 252 g/mol. The lowest BCUT2D eigenvalue weighted by Gasteiger charge is -2.20. The molecule has 1 aromatic heterocycles. The molecular formula is C16H16N2O2. The van der Waals surface area contributed by atoms with Crippen LogP contribution in [-0.2, 0) is 0 Å². The van der Waals surface area contributed by atoms with Crippen LogP contribution in [0.2, 0.25) is 0 Å². The van der Waals surface area contributed by atoms with Gasteiger partial charge in [-0.25, -0.2) is 0 Å². The van der Waals surface area contributed by atoms with Gasteiger partial charge in [0, 0.05) is 5.39 Å². The van der Waals surface area contributed by atoms with Crippen LogP contribution in [0.3, 0.4) is 0 Å². The van der Waals surface area contributed by atoms with Crippen molar-refractivity contribution in [1.29, 1.82) is 5.26 Å². The lowest BCUT2D eigenvalue weighted by Crippen LogP contribution is -2.44. The van der Waals surface area contributed by atoms with E-state index in [9.17, 15) is 10.1 Å². The Labute approximate surface area is 117 Å². The second-order valence-corrected chi connectivity index (χ2v) is 5.51. The average Bonchev–Trinajstić information content (AvgIpc) is 3.05. The molecule has 0 saturated heterocycles. The Morgan fingerprint density at radius 1 is 1.35 bits per heavy atom. The van der Waals surface area contributed by atoms with Gasteiger partial charge in [-0.15, -0.1) is 0 Å². The SMILES string of the molecule is Cc1ccc2oc(C(=O)NC3(C#N)CCCC3)cc2c1. The molecule has 0 bridgehead atoms. The van der Waals surface area contributed by atoms with Crippen LogP contribution in [0.1, 0.15) is 41.8 Å². The van der Waals surface area contributed by atoms with Crippen molar-refractivity contribution >= 4 is 16.9 Å². The van der Waals surface area contributed by atoms with Crippen LogP contribution in [-0.4, -0.2) is 11.4 Å². The van der Waals surface area contributed by atoms with Gasteiger partial charge in [0.2, 0.25) is 0 Å². The normalized spacial score (nSPS) is 17.0. The highest BCUT2D eigenvalue weighted by molar-refractivity contribution is 5.96. The van der Waals surface area contributed by atoms with Gasteiger partial charge in [0.1, 0.15) is 11.1 Å². The lowest BCUT2D eigenvalue weighted by atomic mass is 10.00. The van der Waals surface area contributed by atoms with E-state index in [1.165, 1.54) is 0 Å². The smallest absolute Gasteiger partial charge is 0.288 e. The summed E-state index contributed by atoms with van der Waals surface area (Å²) in [5, 5.41) is 13.0. The van der Waals surface area contributed by atoms with Crippen LogP contribution in [0.5, 0.6) is 0 Å². The summed E-state index contributed by atoms with van der Waals surface area (Å²) in [6, 6.07) is 9.76. The van der Waals surface area contributed by atoms with Crippen LogP contribution in [0.25, 0.3) is 11.0 Å². The first-order valence-corrected chi connectivity index (χ1v) is 6.86. The number of rotatable bonds is 2. The third kappa shape index (κ3) is 2.16. The highest BCUT2D eigenvalue weighted by Crippen LogP contribution is 2.29. The van der Waals surface area contributed by atoms with Gasteiger partial charge < -0.3 is 9.73 Å². The summed E-state index contributed by atoms with van der Waals surface area (Å²) < 4.78 is 5.56. The van der Waals surface area contributed by atoms with Crippen LogP contribution in [0.4, 0.5) is 0 Å². The van der Waals surface area contributed by atoms with E-state index >= 15 is 0 Å². The predicted octanol–water partition coefficient (Wildman–Crippen LogP) is 3.31. The van der Waals surface area contributed by atoms with Crippen LogP contribution in [0, 0.1) is 18.3 Å². The average molecular weight is 268 g/mol. The fourth-order valence-electron chi connectivity index (χ4n) is 2.80. The maximum Gasteiger partial charge on any atom is 0.288 e. The van der Waals surface area contributed by atoms with Gasteiger partial charge in [0.05, 0.1) is 6.07 Å². The molecule has 1 saturated carbocycles. The van der Waals surface area contributed by atoms with E-state index in [4.69, 9.17) is 4.42 Å². The largest absolute Gasteiger partial charge is 0.451 e. The van der Waals surface area contributed by atoms with Gasteiger partial charge in [-0.05, 0) is 50.8 Å². The van der Waals surface area contributed by atoms with E-state index in [2.05, 4.69) is 11.4 Å². The van der Waals surface area contributed by atoms with E-state index in [1.807, 2.05) is 25.1 Å². The Morgan fingerprint density at radius 3 is 2.80 bits per heavy atom. The number of aryl methyl sites for hydroxylation is 1. The van der Waals surface area contributed by atoms with Gasteiger partial charge in [-0.1, -0.05) is 11.6 Å². The van der Waals surface area contributed by atoms with Crippen molar-refractivity contribution in [2.75, 3.05) is 0 Å². The number of benzene rings is 1. The monoisotopic (exact) mass is 268 g/mol. The Balaban J connectivity index is 1.87. The molecule has 0 unspecified atom stereocenters. The third-order valence-electron chi connectivity index (χ3n) is 3.92. The minimum absolute atomic E-state index is 0.270. The molecule has 1 aliphatic carbocycles. The van der Waals surface area contributed by atoms with Crippen LogP contribution >= 0.6 is 0 Å². The van der Waals surface area contributed by atoms with Gasteiger partial charge in [-0.3, -0.25) is 4.79 Å². The summed E-state index contributed by atoms with van der Waals surface area (Å²) in [5.41, 5.74) is 1.10. The molecule has 1 N–H and O–H groups in total. The topological polar surface area (TPSA) is 66.0 Å². The summed E-state index contributed by atoms with van der Waals surface area (Å²) in [6.45, 7) is 2.00. The Morgan fingerprint density at radius 2 is 2.10 bits per heavy atom. The maximum atomic E-state index is 12.3. The number of amides is 1. The van der Waals surface area contributed by atoms with Gasteiger partial charge >= 0.3 is 0 Å². The molecule has 3 rings (SSSR count). The minimum Gasteiger partial charge on any atom is -0.451 e. The summed E-state index contributed by atoms with van der Waals surface area (Å²) >= 11 is 0. The molecule has 2 aromatic rings. The highest BCUT2D eigenvalue weighted by atomic mass is 16.3. The molecule has 4 heteroatoms. The third-order valence-corrected chi connectivity index (χ3v) is 3.92. The molecule has 1 aliphatic rings. The van der Waals surface area contributed by atoms with Gasteiger partial charge in [0.25, 0.3) is 5.91 Å². The predicted molar refractivity (Wildman–Crippen MR) is 75.2 cm³/mol. The zero-order chi connectivity index (χ0) is 14.2. The van der Waals surface area contributed by atoms with Crippen molar-refractivity contribution in [3.05, 3.63) is 35.6 Å². The zero-order valence-electron chi connectivity index (χ0n) is 11.4. The molecule has 4 nitrogen and oxygen atoms in total. The van der Waals surface area contributed by atoms with E-state index in [1.54, 1.807) is 6.07 Å². The lowest BCUT2D eigenvalue weighted by molar-refractivity contribution is 0.0894. The van der Waals surface area contributed by atoms with E-state index < -0.39 is 5.54 Å². The Hall–Kier alpha value is -2.28. The number of nitrogens with zero attached hydrogens (tertiary/aromatic N) is 1. The number of hydrogen-bond acceptors (Lipinski definition) is 3. The number of hydrogen-bond donors (Lipinski definition) is 1. The van der Waals surface area contributed by atoms with Crippen LogP contribution < -0.4 is 5.32 Å². The highest BCUT2D eigenvalue weighted by Gasteiger charge is 2.36. The maximum absolute atomic E-state index is 12.3. The second-order valence-electron chi connectivity index (χ2n) is 5.51. The number of carbonyl (C=O) groups excluding carboxylic acids is 1. The standard InChI is InChI=1S/C16H16N2O2/c1-11-4-5-13-12(8-11)9-14(20-13)15(19)18-16(10-17)6-2-3-7-16/h4-5,8-9H,2-3,6-7H2,1H3,(H,18,19). The number of nitriles is 1. The van der Waals surface area contributed by atoms with E-state index in [-0.39, 0.29) is 11.7 Å². The second kappa shape index (κ2) is 4.68. The van der Waals surface area contributed by atoms with Crippen molar-refractivity contribution < 1.29 is 9.21 Å². The number of nitrogens with one attached hydrogen (secondary N) is 1. The first-order valence-electron chi connectivity index (χ1n) is 6.86. The molecule has 0 aliphatic heterocycles. The van der Waals surface area contributed by atoms with Crippen LogP contribution in [0.15, 0.2) is 28.7 Å². The quantitative estimate of drug-likeness (QED) is 0.908. The molecule has 20 heavy (non-hydrogen) atoms. The molecule has 1 heterocycles. The summed E-state index contributed by atoms with van der Waals surface area (Å²) in [5.74, 6) is -0.0329. The number of fused-ring (bicyclic) bond motifs is 1. The van der Waals surface area contributed by atoms with Crippen molar-refractivity contribution in [2.45, 2.75) is 38.1 Å². The zero-order valence-corrected chi connectivity index (χ0v) is 11.4. The van der Waals surface area contributed by atoms with Crippen molar-refractivity contribution in [3.8, 4) is 6.07 Å². The molecule has 1 amide bonds. The number of carbonyl (C=O) groups is 1. The Bertz CT molecular complexity index is 703. The molecule has 102 valence electrons. The summed E-state index contributed by atoms with van der Waals surface area (Å²) in [6.07, 6.45) is 3.39. The summed E-state index contributed by atoms with van der Waals surface area (Å²) in [7, 11) is 0. The van der Waals surface area contributed by atoms with Crippen molar-refractivity contribution in [3.63, 3.8) is 0 Å². The van der Waals surface area contributed by atoms with Gasteiger partial charge in [0.15, 0.2) is 5.76 Å². The van der Waals surface area contributed by atoms with Gasteiger partial charge in [-0.2, -0.15) is 5.26 Å². The first kappa shape index (κ1) is 12.7. The number of furan rings is 1. The molecule has 0 atom stereocenters. The first-order chi connectivity index (χ1) is 9.62. The molecule has 1 fully saturated rings. The summed E-state index contributed by atoms with van der Waals surface area (Å²) in [4.78, 5) is 12.3. The van der Waals surface area contributed by atoms with Crippen molar-refractivity contribution in [1.82, 2.24) is 5.32 Å². The molecule has 0 spiro atoms. The fourth-order valence-corrected chi connectivity index (χ4v) is 2.80. The fraction of sp³-hybridized carbons (Fsp3) is 0.375. The molecule has 1 aromatic carbocycles. The van der Waals surface area contributed by atoms with Crippen molar-refractivity contribution in [2.24, 2.45) is 0 Å². The van der Waals surface area contributed by atoms with E-state index in [0.717, 1.165) is 23.8 Å². The molecule has 0 radical (unpaired) electrons. The van der Waals surface area contributed by atoms with E-state index in [0.29, 0.717) is 18.4 Å². The Kier molecular flexibility index (Phi) is 2.98. The minimum atomic E-state index is -0.716.